The minimum Gasteiger partial charge on any atom is -0.490 e. The van der Waals surface area contributed by atoms with Crippen LogP contribution in [0.25, 0.3) is 0 Å². The minimum absolute atomic E-state index is 0.203. The van der Waals surface area contributed by atoms with E-state index in [0.717, 1.165) is 6.42 Å². The van der Waals surface area contributed by atoms with Gasteiger partial charge in [0.1, 0.15) is 18.2 Å². The lowest BCUT2D eigenvalue weighted by Gasteiger charge is -2.10. The number of methoxy groups -OCH3 is 1. The molecule has 1 rings (SSSR count). The Kier molecular flexibility index (Phi) is 7.75. The quantitative estimate of drug-likeness (QED) is 0.724. The van der Waals surface area contributed by atoms with Crippen LogP contribution in [0.2, 0.25) is 5.02 Å². The molecule has 0 aliphatic carbocycles. The van der Waals surface area contributed by atoms with Gasteiger partial charge in [-0.15, -0.1) is 0 Å². The molecule has 0 saturated carbocycles. The van der Waals surface area contributed by atoms with Crippen molar-refractivity contribution in [2.24, 2.45) is 0 Å². The van der Waals surface area contributed by atoms with Crippen molar-refractivity contribution in [2.75, 3.05) is 33.4 Å². The van der Waals surface area contributed by atoms with Crippen molar-refractivity contribution in [1.29, 1.82) is 0 Å². The fraction of sp³-hybridized carbons (Fsp3) is 0.462. The highest BCUT2D eigenvalue weighted by Crippen LogP contribution is 2.24. The van der Waals surface area contributed by atoms with Crippen molar-refractivity contribution in [1.82, 2.24) is 10.6 Å². The van der Waals surface area contributed by atoms with E-state index in [2.05, 4.69) is 10.6 Å². The monoisotopic (exact) mass is 304 g/mol. The Morgan fingerprint density at radius 3 is 2.75 bits per heavy atom. The van der Waals surface area contributed by atoms with E-state index in [1.165, 1.54) is 18.2 Å². The van der Waals surface area contributed by atoms with Crippen molar-refractivity contribution < 1.29 is 18.7 Å². The molecule has 1 aromatic carbocycles. The predicted octanol–water partition coefficient (Wildman–Crippen LogP) is 2.19. The highest BCUT2D eigenvalue weighted by molar-refractivity contribution is 6.32. The van der Waals surface area contributed by atoms with Crippen molar-refractivity contribution >= 4 is 17.6 Å². The van der Waals surface area contributed by atoms with Gasteiger partial charge in [-0.25, -0.2) is 9.18 Å². The average molecular weight is 305 g/mol. The number of rotatable bonds is 8. The van der Waals surface area contributed by atoms with Crippen LogP contribution in [-0.2, 0) is 4.74 Å². The summed E-state index contributed by atoms with van der Waals surface area (Å²) in [7, 11) is 1.61. The summed E-state index contributed by atoms with van der Waals surface area (Å²) in [4.78, 5) is 11.3. The van der Waals surface area contributed by atoms with E-state index in [9.17, 15) is 9.18 Å². The molecular formula is C13H18ClFN2O3. The molecule has 2 amide bonds. The normalized spacial score (nSPS) is 10.2. The van der Waals surface area contributed by atoms with Crippen LogP contribution in [0, 0.1) is 5.82 Å². The van der Waals surface area contributed by atoms with Gasteiger partial charge in [0.15, 0.2) is 0 Å². The maximum atomic E-state index is 12.8. The van der Waals surface area contributed by atoms with Gasteiger partial charge in [0.2, 0.25) is 0 Å². The van der Waals surface area contributed by atoms with Gasteiger partial charge in [0, 0.05) is 20.3 Å². The molecule has 0 heterocycles. The van der Waals surface area contributed by atoms with Gasteiger partial charge >= 0.3 is 6.03 Å². The van der Waals surface area contributed by atoms with Crippen LogP contribution in [0.5, 0.6) is 5.75 Å². The van der Waals surface area contributed by atoms with Gasteiger partial charge < -0.3 is 20.1 Å². The minimum atomic E-state index is -0.420. The van der Waals surface area contributed by atoms with Gasteiger partial charge in [0.05, 0.1) is 11.6 Å². The SMILES string of the molecule is COCCCNC(=O)NCCOc1ccc(F)cc1Cl. The molecule has 0 fully saturated rings. The van der Waals surface area contributed by atoms with E-state index in [-0.39, 0.29) is 17.7 Å². The van der Waals surface area contributed by atoms with E-state index in [0.29, 0.717) is 25.4 Å². The van der Waals surface area contributed by atoms with Crippen molar-refractivity contribution in [3.8, 4) is 5.75 Å². The van der Waals surface area contributed by atoms with Crippen molar-refractivity contribution in [2.45, 2.75) is 6.42 Å². The zero-order chi connectivity index (χ0) is 14.8. The third kappa shape index (κ3) is 6.58. The molecule has 0 radical (unpaired) electrons. The molecule has 5 nitrogen and oxygen atoms in total. The van der Waals surface area contributed by atoms with Crippen LogP contribution in [0.1, 0.15) is 6.42 Å². The number of ether oxygens (including phenoxy) is 2. The second-order valence-corrected chi connectivity index (χ2v) is 4.36. The molecule has 1 aromatic rings. The highest BCUT2D eigenvalue weighted by Gasteiger charge is 2.03. The Hall–Kier alpha value is -1.53. The number of hydrogen-bond acceptors (Lipinski definition) is 3. The summed E-state index contributed by atoms with van der Waals surface area (Å²) in [5.74, 6) is -0.0359. The van der Waals surface area contributed by atoms with Gasteiger partial charge in [0.25, 0.3) is 0 Å². The van der Waals surface area contributed by atoms with Crippen LogP contribution >= 0.6 is 11.6 Å². The van der Waals surface area contributed by atoms with E-state index in [1.54, 1.807) is 7.11 Å². The van der Waals surface area contributed by atoms with Gasteiger partial charge in [-0.05, 0) is 24.6 Å². The number of urea groups is 1. The molecule has 0 atom stereocenters. The number of carbonyl (C=O) groups is 1. The molecule has 112 valence electrons. The molecule has 7 heteroatoms. The maximum Gasteiger partial charge on any atom is 0.314 e. The van der Waals surface area contributed by atoms with Gasteiger partial charge in [-0.3, -0.25) is 0 Å². The molecule has 0 aliphatic rings. The Morgan fingerprint density at radius 1 is 1.30 bits per heavy atom. The first-order chi connectivity index (χ1) is 9.63. The maximum absolute atomic E-state index is 12.8. The van der Waals surface area contributed by atoms with Crippen molar-refractivity contribution in [3.05, 3.63) is 29.0 Å². The van der Waals surface area contributed by atoms with E-state index in [1.807, 2.05) is 0 Å². The van der Waals surface area contributed by atoms with Crippen LogP contribution in [0.4, 0.5) is 9.18 Å². The van der Waals surface area contributed by atoms with Crippen LogP contribution in [0.3, 0.4) is 0 Å². The lowest BCUT2D eigenvalue weighted by molar-refractivity contribution is 0.193. The summed E-state index contributed by atoms with van der Waals surface area (Å²) in [6.45, 7) is 1.72. The summed E-state index contributed by atoms with van der Waals surface area (Å²) in [6, 6.07) is 3.61. The van der Waals surface area contributed by atoms with Crippen molar-refractivity contribution in [3.63, 3.8) is 0 Å². The molecule has 0 spiro atoms. The highest BCUT2D eigenvalue weighted by atomic mass is 35.5. The topological polar surface area (TPSA) is 59.6 Å². The largest absolute Gasteiger partial charge is 0.490 e. The van der Waals surface area contributed by atoms with Crippen LogP contribution in [-0.4, -0.2) is 39.4 Å². The summed E-state index contributed by atoms with van der Waals surface area (Å²) >= 11 is 5.79. The first kappa shape index (κ1) is 16.5. The summed E-state index contributed by atoms with van der Waals surface area (Å²) in [5, 5.41) is 5.50. The number of halogens is 2. The number of hydrogen-bond donors (Lipinski definition) is 2. The first-order valence-electron chi connectivity index (χ1n) is 6.22. The molecule has 0 unspecified atom stereocenters. The molecule has 0 aromatic heterocycles. The number of carbonyl (C=O) groups excluding carboxylic acids is 1. The zero-order valence-electron chi connectivity index (χ0n) is 11.2. The predicted molar refractivity (Wildman–Crippen MR) is 74.8 cm³/mol. The molecule has 20 heavy (non-hydrogen) atoms. The summed E-state index contributed by atoms with van der Waals surface area (Å²) in [6.07, 6.45) is 0.756. The summed E-state index contributed by atoms with van der Waals surface area (Å²) < 4.78 is 23.0. The number of nitrogens with one attached hydrogen (secondary N) is 2. The lowest BCUT2D eigenvalue weighted by atomic mass is 10.3. The van der Waals surface area contributed by atoms with Crippen LogP contribution in [0.15, 0.2) is 18.2 Å². The Bertz CT molecular complexity index is 432. The standard InChI is InChI=1S/C13H18ClFN2O3/c1-19-7-2-5-16-13(18)17-6-8-20-12-4-3-10(15)9-11(12)14/h3-4,9H,2,5-8H2,1H3,(H2,16,17,18). The molecular weight excluding hydrogens is 287 g/mol. The van der Waals surface area contributed by atoms with Gasteiger partial charge in [-0.1, -0.05) is 11.6 Å². The third-order valence-electron chi connectivity index (χ3n) is 2.35. The van der Waals surface area contributed by atoms with Gasteiger partial charge in [-0.2, -0.15) is 0 Å². The van der Waals surface area contributed by atoms with E-state index < -0.39 is 5.82 Å². The van der Waals surface area contributed by atoms with Crippen LogP contribution < -0.4 is 15.4 Å². The Morgan fingerprint density at radius 2 is 2.05 bits per heavy atom. The first-order valence-corrected chi connectivity index (χ1v) is 6.59. The number of amides is 2. The average Bonchev–Trinajstić information content (AvgIpc) is 2.41. The third-order valence-corrected chi connectivity index (χ3v) is 2.65. The second kappa shape index (κ2) is 9.39. The molecule has 0 aliphatic heterocycles. The summed E-state index contributed by atoms with van der Waals surface area (Å²) in [5.41, 5.74) is 0. The van der Waals surface area contributed by atoms with E-state index >= 15 is 0 Å². The fourth-order valence-corrected chi connectivity index (χ4v) is 1.62. The Balaban J connectivity index is 2.13. The second-order valence-electron chi connectivity index (χ2n) is 3.95. The molecule has 0 bridgehead atoms. The molecule has 0 saturated heterocycles. The lowest BCUT2D eigenvalue weighted by Crippen LogP contribution is -2.38. The fourth-order valence-electron chi connectivity index (χ4n) is 1.40. The molecule has 2 N–H and O–H groups in total. The Labute approximate surface area is 122 Å². The smallest absolute Gasteiger partial charge is 0.314 e. The zero-order valence-corrected chi connectivity index (χ0v) is 12.0. The number of benzene rings is 1. The van der Waals surface area contributed by atoms with E-state index in [4.69, 9.17) is 21.1 Å².